The summed E-state index contributed by atoms with van der Waals surface area (Å²) in [6.45, 7) is 12.4. The molecule has 0 bridgehead atoms. The van der Waals surface area contributed by atoms with Gasteiger partial charge in [-0.05, 0) is 125 Å². The van der Waals surface area contributed by atoms with Gasteiger partial charge in [-0.25, -0.2) is 0 Å². The van der Waals surface area contributed by atoms with Crippen molar-refractivity contribution in [2.75, 3.05) is 0 Å². The quantitative estimate of drug-likeness (QED) is 0.396. The molecule has 2 heteroatoms. The second kappa shape index (κ2) is 10.4. The van der Waals surface area contributed by atoms with Gasteiger partial charge in [0, 0.05) is 0 Å². The maximum atomic E-state index is 4.58. The Kier molecular flexibility index (Phi) is 7.81. The van der Waals surface area contributed by atoms with Gasteiger partial charge in [0.1, 0.15) is 25.0 Å². The van der Waals surface area contributed by atoms with Gasteiger partial charge in [-0.1, -0.05) is 44.1 Å². The highest BCUT2D eigenvalue weighted by atomic mass is 16.5. The Bertz CT molecular complexity index is 765. The molecule has 4 aliphatic carbocycles. The van der Waals surface area contributed by atoms with Crippen LogP contribution in [0.2, 0.25) is 0 Å². The number of hydrogen-bond acceptors (Lipinski definition) is 2. The molecule has 0 N–H and O–H groups in total. The molecule has 5 aliphatic rings. The van der Waals surface area contributed by atoms with Crippen molar-refractivity contribution in [2.45, 2.75) is 105 Å². The number of rotatable bonds is 4. The molecule has 33 heavy (non-hydrogen) atoms. The second-order valence-corrected chi connectivity index (χ2v) is 12.3. The number of fused-ring (bicyclic) bond motifs is 5. The van der Waals surface area contributed by atoms with Crippen molar-refractivity contribution in [3.63, 3.8) is 0 Å². The van der Waals surface area contributed by atoms with Gasteiger partial charge in [0.15, 0.2) is 0 Å². The molecule has 0 aromatic heterocycles. The van der Waals surface area contributed by atoms with E-state index in [4.69, 9.17) is 0 Å². The van der Waals surface area contributed by atoms with Crippen LogP contribution in [-0.2, 0) is 9.47 Å². The highest BCUT2D eigenvalue weighted by Gasteiger charge is 2.59. The molecule has 0 unspecified atom stereocenters. The van der Waals surface area contributed by atoms with E-state index in [1.54, 1.807) is 0 Å². The van der Waals surface area contributed by atoms with Crippen molar-refractivity contribution in [1.82, 2.24) is 0 Å². The van der Waals surface area contributed by atoms with Crippen molar-refractivity contribution in [2.24, 2.45) is 40.4 Å². The van der Waals surface area contributed by atoms with E-state index in [9.17, 15) is 0 Å². The van der Waals surface area contributed by atoms with Gasteiger partial charge in [-0.15, -0.1) is 0 Å². The summed E-state index contributed by atoms with van der Waals surface area (Å²) in [5.41, 5.74) is 4.56. The number of hydrogen-bond donors (Lipinski definition) is 0. The molecule has 1 heterocycles. The molecule has 7 atom stereocenters. The molecule has 3 fully saturated rings. The average molecular weight is 453 g/mol. The summed E-state index contributed by atoms with van der Waals surface area (Å²) in [6, 6.07) is 0. The molecule has 184 valence electrons. The summed E-state index contributed by atoms with van der Waals surface area (Å²) in [6.07, 6.45) is 26.9. The van der Waals surface area contributed by atoms with Crippen LogP contribution in [0.3, 0.4) is 0 Å². The normalized spacial score (nSPS) is 39.4. The topological polar surface area (TPSA) is 18.5 Å². The Balaban J connectivity index is 0.000000376. The highest BCUT2D eigenvalue weighted by Crippen LogP contribution is 2.67. The lowest BCUT2D eigenvalue weighted by atomic mass is 9.46. The van der Waals surface area contributed by atoms with Crippen LogP contribution >= 0.6 is 0 Å². The molecule has 3 saturated carbocycles. The predicted molar refractivity (Wildman–Crippen MR) is 138 cm³/mol. The third kappa shape index (κ3) is 5.01. The largest absolute Gasteiger partial charge is 0.466 e. The summed E-state index contributed by atoms with van der Waals surface area (Å²) in [4.78, 5) is 0. The van der Waals surface area contributed by atoms with Crippen LogP contribution in [0.15, 0.2) is 48.3 Å². The standard InChI is InChI=1S/C27H44.C4H4O2/c1-19(2)9-8-10-20(3)23-14-15-24-22-13-12-21-11-6-7-17-26(21,4)25(22)16-18-27(23,24)5;1-2-6-4-3-5-1/h9,11,20,22-25H,6-8,10,12-18H2,1-5H3;1-4H/t20-,22+,23-,24+,25+,26+,27-;/m1./s1. The van der Waals surface area contributed by atoms with E-state index in [0.717, 1.165) is 29.6 Å². The molecule has 0 spiro atoms. The minimum Gasteiger partial charge on any atom is -0.466 e. The van der Waals surface area contributed by atoms with Gasteiger partial charge in [-0.3, -0.25) is 0 Å². The first kappa shape index (κ1) is 24.7. The molecule has 0 aromatic rings. The first-order valence-electron chi connectivity index (χ1n) is 13.8. The van der Waals surface area contributed by atoms with Crippen LogP contribution in [0, 0.1) is 40.4 Å². The van der Waals surface area contributed by atoms with Crippen LogP contribution in [0.1, 0.15) is 105 Å². The van der Waals surface area contributed by atoms with E-state index < -0.39 is 0 Å². The van der Waals surface area contributed by atoms with E-state index in [-0.39, 0.29) is 0 Å². The molecule has 0 aromatic carbocycles. The van der Waals surface area contributed by atoms with Gasteiger partial charge in [-0.2, -0.15) is 0 Å². The van der Waals surface area contributed by atoms with Gasteiger partial charge in [0.2, 0.25) is 0 Å². The molecule has 5 rings (SSSR count). The van der Waals surface area contributed by atoms with Crippen molar-refractivity contribution >= 4 is 0 Å². The third-order valence-corrected chi connectivity index (χ3v) is 10.4. The van der Waals surface area contributed by atoms with Crippen LogP contribution in [0.25, 0.3) is 0 Å². The fourth-order valence-corrected chi connectivity index (χ4v) is 8.78. The van der Waals surface area contributed by atoms with Crippen molar-refractivity contribution in [1.29, 1.82) is 0 Å². The smallest absolute Gasteiger partial charge is 0.125 e. The SMILES string of the molecule is C1=COC=CO1.CC(C)=CCC[C@@H](C)[C@H]1CC[C@H]2[C@@H]3CCC4=CCCC[C@]4(C)[C@H]3CC[C@]12C. The van der Waals surface area contributed by atoms with Gasteiger partial charge < -0.3 is 9.47 Å². The monoisotopic (exact) mass is 452 g/mol. The maximum Gasteiger partial charge on any atom is 0.125 e. The minimum absolute atomic E-state index is 0.565. The van der Waals surface area contributed by atoms with Crippen LogP contribution in [-0.4, -0.2) is 0 Å². The summed E-state index contributed by atoms with van der Waals surface area (Å²) < 4.78 is 9.17. The molecule has 1 aliphatic heterocycles. The first-order chi connectivity index (χ1) is 15.9. The molecule has 2 nitrogen and oxygen atoms in total. The van der Waals surface area contributed by atoms with E-state index in [2.05, 4.69) is 56.2 Å². The first-order valence-corrected chi connectivity index (χ1v) is 13.8. The fraction of sp³-hybridized carbons (Fsp3) is 0.742. The van der Waals surface area contributed by atoms with Crippen LogP contribution in [0.4, 0.5) is 0 Å². The minimum atomic E-state index is 0.565. The average Bonchev–Trinajstić information content (AvgIpc) is 3.17. The Morgan fingerprint density at radius 2 is 1.73 bits per heavy atom. The van der Waals surface area contributed by atoms with Gasteiger partial charge >= 0.3 is 0 Å². The lowest BCUT2D eigenvalue weighted by molar-refractivity contribution is -0.0590. The zero-order valence-corrected chi connectivity index (χ0v) is 21.9. The Labute approximate surface area is 203 Å². The van der Waals surface area contributed by atoms with E-state index in [1.807, 2.05) is 5.57 Å². The molecule has 0 radical (unpaired) electrons. The predicted octanol–water partition coefficient (Wildman–Crippen LogP) is 9.31. The second-order valence-electron chi connectivity index (χ2n) is 12.3. The zero-order valence-electron chi connectivity index (χ0n) is 21.9. The Morgan fingerprint density at radius 3 is 2.39 bits per heavy atom. The summed E-state index contributed by atoms with van der Waals surface area (Å²) >= 11 is 0. The molecular weight excluding hydrogens is 404 g/mol. The van der Waals surface area contributed by atoms with Crippen molar-refractivity contribution in [3.05, 3.63) is 48.3 Å². The highest BCUT2D eigenvalue weighted by molar-refractivity contribution is 5.23. The maximum absolute atomic E-state index is 4.58. The van der Waals surface area contributed by atoms with E-state index in [0.29, 0.717) is 10.8 Å². The Hall–Kier alpha value is -1.44. The van der Waals surface area contributed by atoms with Crippen LogP contribution < -0.4 is 0 Å². The summed E-state index contributed by atoms with van der Waals surface area (Å²) in [5, 5.41) is 0. The van der Waals surface area contributed by atoms with E-state index in [1.165, 1.54) is 101 Å². The Morgan fingerprint density at radius 1 is 1.00 bits per heavy atom. The third-order valence-electron chi connectivity index (χ3n) is 10.4. The molecular formula is C31H48O2. The number of ether oxygens (including phenoxy) is 2. The fourth-order valence-electron chi connectivity index (χ4n) is 8.78. The van der Waals surface area contributed by atoms with E-state index >= 15 is 0 Å². The molecule has 0 saturated heterocycles. The van der Waals surface area contributed by atoms with Crippen LogP contribution in [0.5, 0.6) is 0 Å². The zero-order chi connectivity index (χ0) is 23.5. The van der Waals surface area contributed by atoms with Crippen molar-refractivity contribution < 1.29 is 9.47 Å². The molecule has 0 amide bonds. The van der Waals surface area contributed by atoms with Gasteiger partial charge in [0.25, 0.3) is 0 Å². The van der Waals surface area contributed by atoms with Crippen molar-refractivity contribution in [3.8, 4) is 0 Å². The summed E-state index contributed by atoms with van der Waals surface area (Å²) in [5.74, 6) is 4.92. The lowest BCUT2D eigenvalue weighted by Crippen LogP contribution is -2.50. The number of allylic oxidation sites excluding steroid dienone is 4. The van der Waals surface area contributed by atoms with Gasteiger partial charge in [0.05, 0.1) is 0 Å². The lowest BCUT2D eigenvalue weighted by Gasteiger charge is -2.58. The summed E-state index contributed by atoms with van der Waals surface area (Å²) in [7, 11) is 0.